The molecule has 6 heavy (non-hydrogen) atoms. The molecule has 0 aromatic rings. The predicted octanol–water partition coefficient (Wildman–Crippen LogP) is -2.63. The van der Waals surface area contributed by atoms with Crippen LogP contribution in [0.2, 0.25) is 0 Å². The van der Waals surface area contributed by atoms with Crippen molar-refractivity contribution >= 4 is 6.16 Å². The molecule has 0 heterocycles. The molecule has 0 saturated heterocycles. The standard InChI is InChI=1S/CH2O3.Cu.H2O/c2-1(3)4;;/h(H2,2,3,4);;1H2/q;+2;/p-3. The fourth-order valence-electron chi connectivity index (χ4n) is 0. The largest absolute Gasteiger partial charge is 2.00 e. The maximum Gasteiger partial charge on any atom is 2.00 e. The van der Waals surface area contributed by atoms with Crippen LogP contribution in [0.3, 0.4) is 0 Å². The van der Waals surface area contributed by atoms with Crippen molar-refractivity contribution in [3.8, 4) is 0 Å². The fourth-order valence-corrected chi connectivity index (χ4v) is 0. The first-order valence-electron chi connectivity index (χ1n) is 0.612. The molecule has 0 spiro atoms. The molecule has 41 valence electrons. The van der Waals surface area contributed by atoms with Crippen LogP contribution in [0, 0.1) is 0 Å². The Morgan fingerprint density at radius 1 is 1.33 bits per heavy atom. The number of rotatable bonds is 0. The summed E-state index contributed by atoms with van der Waals surface area (Å²) in [5, 5.41) is 16.7. The summed E-state index contributed by atoms with van der Waals surface area (Å²) < 4.78 is 0. The van der Waals surface area contributed by atoms with E-state index in [0.717, 1.165) is 0 Å². The molecule has 5 heteroatoms. The molecule has 1 N–H and O–H groups in total. The van der Waals surface area contributed by atoms with Gasteiger partial charge in [0.25, 0.3) is 0 Å². The molecule has 0 saturated carbocycles. The normalized spacial score (nSPS) is 4.00. The third kappa shape index (κ3) is 452. The van der Waals surface area contributed by atoms with Crippen LogP contribution in [-0.4, -0.2) is 11.6 Å². The van der Waals surface area contributed by atoms with Crippen molar-refractivity contribution < 1.29 is 37.6 Å². The SMILES string of the molecule is O=C([O-])[O-].[Cu+2].[OH-]. The topological polar surface area (TPSA) is 93.2 Å². The summed E-state index contributed by atoms with van der Waals surface area (Å²) in [7, 11) is 0. The van der Waals surface area contributed by atoms with Crippen LogP contribution in [0.15, 0.2) is 0 Å². The predicted molar refractivity (Wildman–Crippen MR) is 7.33 cm³/mol. The molecule has 0 aromatic carbocycles. The second kappa shape index (κ2) is 8.83. The average Bonchev–Trinajstić information content (AvgIpc) is 0.811. The molecule has 0 unspecified atom stereocenters. The van der Waals surface area contributed by atoms with Gasteiger partial charge in [0.2, 0.25) is 0 Å². The second-order valence-corrected chi connectivity index (χ2v) is 0.250. The Morgan fingerprint density at radius 3 is 1.33 bits per heavy atom. The van der Waals surface area contributed by atoms with Crippen molar-refractivity contribution in [2.24, 2.45) is 0 Å². The molecule has 0 fully saturated rings. The smallest absolute Gasteiger partial charge is 0.870 e. The van der Waals surface area contributed by atoms with Gasteiger partial charge in [-0.1, -0.05) is 0 Å². The van der Waals surface area contributed by atoms with Gasteiger partial charge in [-0.2, -0.15) is 0 Å². The summed E-state index contributed by atoms with van der Waals surface area (Å²) >= 11 is 0. The second-order valence-electron chi connectivity index (χ2n) is 0.250. The number of hydrogen-bond acceptors (Lipinski definition) is 4. The summed E-state index contributed by atoms with van der Waals surface area (Å²) in [5.74, 6) is 0. The minimum Gasteiger partial charge on any atom is -0.870 e. The van der Waals surface area contributed by atoms with Crippen LogP contribution in [0.1, 0.15) is 0 Å². The molecule has 0 bridgehead atoms. The molecule has 0 aliphatic carbocycles. The Balaban J connectivity index is -0.0000000450. The summed E-state index contributed by atoms with van der Waals surface area (Å²) in [6.45, 7) is 0. The number of carbonyl (C=O) groups is 1. The van der Waals surface area contributed by atoms with E-state index in [0.29, 0.717) is 0 Å². The summed E-state index contributed by atoms with van der Waals surface area (Å²) in [5.41, 5.74) is 0. The molecule has 0 aromatic heterocycles. The van der Waals surface area contributed by atoms with Crippen molar-refractivity contribution in [1.82, 2.24) is 0 Å². The molecule has 0 aliphatic heterocycles. The Bertz CT molecular complexity index is 30.5. The van der Waals surface area contributed by atoms with E-state index in [1.54, 1.807) is 0 Å². The van der Waals surface area contributed by atoms with Crippen molar-refractivity contribution in [1.29, 1.82) is 0 Å². The average molecular weight is 141 g/mol. The molecule has 1 radical (unpaired) electrons. The van der Waals surface area contributed by atoms with Crippen molar-refractivity contribution in [2.45, 2.75) is 0 Å². The van der Waals surface area contributed by atoms with Gasteiger partial charge in [-0.25, -0.2) is 0 Å². The monoisotopic (exact) mass is 140 g/mol. The van der Waals surface area contributed by atoms with Gasteiger partial charge in [-0.05, 0) is 6.16 Å². The Hall–Kier alpha value is -0.251. The minimum atomic E-state index is -2.33. The first kappa shape index (κ1) is 17.2. The van der Waals surface area contributed by atoms with E-state index in [-0.39, 0.29) is 22.5 Å². The van der Waals surface area contributed by atoms with E-state index in [2.05, 4.69) is 0 Å². The zero-order chi connectivity index (χ0) is 3.58. The first-order chi connectivity index (χ1) is 1.73. The number of hydrogen-bond donors (Lipinski definition) is 0. The van der Waals surface area contributed by atoms with E-state index in [1.165, 1.54) is 0 Å². The number of carbonyl (C=O) groups excluding carboxylic acids is 1. The minimum absolute atomic E-state index is 0. The molecule has 0 amide bonds. The van der Waals surface area contributed by atoms with E-state index < -0.39 is 6.16 Å². The van der Waals surface area contributed by atoms with Crippen LogP contribution < -0.4 is 10.2 Å². The van der Waals surface area contributed by atoms with Gasteiger partial charge in [0, 0.05) is 0 Å². The van der Waals surface area contributed by atoms with E-state index in [9.17, 15) is 0 Å². The van der Waals surface area contributed by atoms with Crippen LogP contribution in [0.25, 0.3) is 0 Å². The maximum absolute atomic E-state index is 8.33. The Kier molecular flexibility index (Phi) is 25.3. The van der Waals surface area contributed by atoms with Gasteiger partial charge < -0.3 is 20.5 Å². The fraction of sp³-hybridized carbons (Fsp3) is 0. The van der Waals surface area contributed by atoms with Crippen molar-refractivity contribution in [3.05, 3.63) is 0 Å². The molecular formula is CHCuO4-. The van der Waals surface area contributed by atoms with Crippen LogP contribution in [0.5, 0.6) is 0 Å². The quantitative estimate of drug-likeness (QED) is 0.344. The Labute approximate surface area is 44.6 Å². The van der Waals surface area contributed by atoms with Gasteiger partial charge in [-0.15, -0.1) is 0 Å². The summed E-state index contributed by atoms with van der Waals surface area (Å²) in [6.07, 6.45) is -2.33. The first-order valence-corrected chi connectivity index (χ1v) is 0.612. The number of carboxylic acid groups (broad SMARTS) is 2. The van der Waals surface area contributed by atoms with E-state index in [4.69, 9.17) is 15.0 Å². The summed E-state index contributed by atoms with van der Waals surface area (Å²) in [4.78, 5) is 8.33. The molecule has 0 rings (SSSR count). The van der Waals surface area contributed by atoms with Gasteiger partial charge in [0.1, 0.15) is 0 Å². The third-order valence-corrected chi connectivity index (χ3v) is 0. The van der Waals surface area contributed by atoms with Gasteiger partial charge in [-0.3, -0.25) is 0 Å². The molecule has 4 nitrogen and oxygen atoms in total. The van der Waals surface area contributed by atoms with Gasteiger partial charge in [0.05, 0.1) is 0 Å². The molecule has 0 atom stereocenters. The zero-order valence-corrected chi connectivity index (χ0v) is 3.42. The van der Waals surface area contributed by atoms with Crippen LogP contribution in [0.4, 0.5) is 4.79 Å². The van der Waals surface area contributed by atoms with Gasteiger partial charge >= 0.3 is 17.1 Å². The van der Waals surface area contributed by atoms with Gasteiger partial charge in [0.15, 0.2) is 0 Å². The third-order valence-electron chi connectivity index (χ3n) is 0. The van der Waals surface area contributed by atoms with Crippen molar-refractivity contribution in [3.63, 3.8) is 0 Å². The molecule has 0 aliphatic rings. The zero-order valence-electron chi connectivity index (χ0n) is 2.47. The maximum atomic E-state index is 8.33. The molecular weight excluding hydrogens is 140 g/mol. The van der Waals surface area contributed by atoms with Crippen molar-refractivity contribution in [2.75, 3.05) is 0 Å². The van der Waals surface area contributed by atoms with E-state index >= 15 is 0 Å². The Morgan fingerprint density at radius 2 is 1.33 bits per heavy atom. The van der Waals surface area contributed by atoms with E-state index in [1.807, 2.05) is 0 Å². The van der Waals surface area contributed by atoms with Crippen LogP contribution in [-0.2, 0) is 17.1 Å². The summed E-state index contributed by atoms with van der Waals surface area (Å²) in [6, 6.07) is 0. The van der Waals surface area contributed by atoms with Crippen LogP contribution >= 0.6 is 0 Å².